The average Bonchev–Trinajstić information content (AvgIpc) is 3.84. The lowest BCUT2D eigenvalue weighted by Crippen LogP contribution is -2.25. The van der Waals surface area contributed by atoms with Gasteiger partial charge in [-0.05, 0) is 110 Å². The Balaban J connectivity index is 1.08. The van der Waals surface area contributed by atoms with E-state index in [4.69, 9.17) is 9.72 Å². The zero-order valence-electron chi connectivity index (χ0n) is 32.0. The Kier molecular flexibility index (Phi) is 7.59. The second-order valence-corrected chi connectivity index (χ2v) is 17.0. The lowest BCUT2D eigenvalue weighted by atomic mass is 9.88. The first kappa shape index (κ1) is 33.5. The summed E-state index contributed by atoms with van der Waals surface area (Å²) in [6, 6.07) is 45.9. The van der Waals surface area contributed by atoms with Crippen LogP contribution < -0.4 is 14.5 Å². The van der Waals surface area contributed by atoms with Crippen LogP contribution >= 0.6 is 11.3 Å². The Labute approximate surface area is 325 Å². The zero-order valence-corrected chi connectivity index (χ0v) is 32.8. The van der Waals surface area contributed by atoms with E-state index in [0.29, 0.717) is 6.67 Å². The highest BCUT2D eigenvalue weighted by Gasteiger charge is 2.30. The molecule has 6 aromatic carbocycles. The van der Waals surface area contributed by atoms with Crippen LogP contribution in [0.4, 0.5) is 22.7 Å². The van der Waals surface area contributed by atoms with Gasteiger partial charge in [0.15, 0.2) is 0 Å². The molecule has 6 heteroatoms. The van der Waals surface area contributed by atoms with Crippen LogP contribution in [-0.4, -0.2) is 16.2 Å². The molecule has 5 nitrogen and oxygen atoms in total. The van der Waals surface area contributed by atoms with E-state index in [2.05, 4.69) is 177 Å². The quantitative estimate of drug-likeness (QED) is 0.176. The largest absolute Gasteiger partial charge is 0.457 e. The van der Waals surface area contributed by atoms with Gasteiger partial charge in [0.2, 0.25) is 0 Å². The molecule has 0 radical (unpaired) electrons. The van der Waals surface area contributed by atoms with E-state index in [-0.39, 0.29) is 5.41 Å². The SMILES string of the molecule is Cc1cc(C)c(N2CN(c3cccc(Oc4ccc5c6c7c(ccc6n(-c6cc(C(C)(C)C)ccn6)c5c4)sc4ccccc47)c3)c3ccccc32)c(C)c1. The van der Waals surface area contributed by atoms with Gasteiger partial charge in [0.25, 0.3) is 0 Å². The third-order valence-corrected chi connectivity index (χ3v) is 12.2. The summed E-state index contributed by atoms with van der Waals surface area (Å²) in [5.41, 5.74) is 12.0. The number of ether oxygens (including phenoxy) is 1. The van der Waals surface area contributed by atoms with Gasteiger partial charge in [0, 0.05) is 60.6 Å². The number of aryl methyl sites for hydroxylation is 3. The van der Waals surface area contributed by atoms with E-state index >= 15 is 0 Å². The van der Waals surface area contributed by atoms with Crippen molar-refractivity contribution in [3.05, 3.63) is 156 Å². The van der Waals surface area contributed by atoms with Gasteiger partial charge >= 0.3 is 0 Å². The summed E-state index contributed by atoms with van der Waals surface area (Å²) in [5, 5.41) is 5.02. The predicted octanol–water partition coefficient (Wildman–Crippen LogP) is 13.8. The highest BCUT2D eigenvalue weighted by atomic mass is 32.1. The first-order valence-corrected chi connectivity index (χ1v) is 19.8. The molecule has 0 spiro atoms. The molecule has 0 fully saturated rings. The Morgan fingerprint density at radius 3 is 2.16 bits per heavy atom. The van der Waals surface area contributed by atoms with Gasteiger partial charge in [0.1, 0.15) is 24.0 Å². The maximum Gasteiger partial charge on any atom is 0.137 e. The summed E-state index contributed by atoms with van der Waals surface area (Å²) in [6.07, 6.45) is 1.94. The Hall–Kier alpha value is -6.11. The topological polar surface area (TPSA) is 33.5 Å². The summed E-state index contributed by atoms with van der Waals surface area (Å²) >= 11 is 1.85. The molecule has 0 aliphatic carbocycles. The van der Waals surface area contributed by atoms with Crippen molar-refractivity contribution in [3.63, 3.8) is 0 Å². The van der Waals surface area contributed by atoms with Gasteiger partial charge in [-0.1, -0.05) is 74.9 Å². The molecule has 0 atom stereocenters. The number of rotatable bonds is 5. The number of hydrogen-bond donors (Lipinski definition) is 0. The Morgan fingerprint density at radius 2 is 1.36 bits per heavy atom. The van der Waals surface area contributed by atoms with Gasteiger partial charge in [-0.3, -0.25) is 4.57 Å². The van der Waals surface area contributed by atoms with Crippen LogP contribution in [0.1, 0.15) is 43.0 Å². The van der Waals surface area contributed by atoms with Crippen LogP contribution in [0, 0.1) is 20.8 Å². The lowest BCUT2D eigenvalue weighted by Gasteiger charge is -2.25. The smallest absolute Gasteiger partial charge is 0.137 e. The van der Waals surface area contributed by atoms with E-state index in [0.717, 1.165) is 34.0 Å². The number of nitrogens with zero attached hydrogens (tertiary/aromatic N) is 4. The van der Waals surface area contributed by atoms with Crippen molar-refractivity contribution in [2.45, 2.75) is 47.0 Å². The van der Waals surface area contributed by atoms with E-state index in [9.17, 15) is 0 Å². The number of benzene rings is 6. The Morgan fingerprint density at radius 1 is 0.618 bits per heavy atom. The van der Waals surface area contributed by atoms with Crippen LogP contribution in [-0.2, 0) is 5.41 Å². The number of para-hydroxylation sites is 2. The number of aromatic nitrogens is 2. The molecule has 1 aliphatic rings. The molecular weight excluding hydrogens is 693 g/mol. The molecule has 10 rings (SSSR count). The van der Waals surface area contributed by atoms with Crippen molar-refractivity contribution in [1.82, 2.24) is 9.55 Å². The fourth-order valence-electron chi connectivity index (χ4n) is 8.70. The molecule has 270 valence electrons. The first-order chi connectivity index (χ1) is 26.6. The van der Waals surface area contributed by atoms with Gasteiger partial charge in [-0.15, -0.1) is 11.3 Å². The van der Waals surface area contributed by atoms with Crippen LogP contribution in [0.15, 0.2) is 134 Å². The summed E-state index contributed by atoms with van der Waals surface area (Å²) in [5.74, 6) is 2.47. The van der Waals surface area contributed by atoms with Crippen LogP contribution in [0.5, 0.6) is 11.5 Å². The van der Waals surface area contributed by atoms with Crippen LogP contribution in [0.2, 0.25) is 0 Å². The second kappa shape index (κ2) is 12.5. The van der Waals surface area contributed by atoms with E-state index in [1.54, 1.807) is 0 Å². The maximum absolute atomic E-state index is 6.77. The molecule has 0 amide bonds. The van der Waals surface area contributed by atoms with Crippen molar-refractivity contribution in [2.24, 2.45) is 0 Å². The van der Waals surface area contributed by atoms with E-state index < -0.39 is 0 Å². The second-order valence-electron chi connectivity index (χ2n) is 15.9. The normalized spacial score (nSPS) is 13.1. The molecule has 0 bridgehead atoms. The number of anilines is 4. The fourth-order valence-corrected chi connectivity index (χ4v) is 9.81. The Bertz CT molecular complexity index is 2960. The van der Waals surface area contributed by atoms with Gasteiger partial charge in [0.05, 0.1) is 22.4 Å². The summed E-state index contributed by atoms with van der Waals surface area (Å²) in [7, 11) is 0. The number of hydrogen-bond acceptors (Lipinski definition) is 5. The molecule has 9 aromatic rings. The molecule has 1 aliphatic heterocycles. The molecular formula is C49H42N4OS. The third-order valence-electron chi connectivity index (χ3n) is 11.1. The van der Waals surface area contributed by atoms with Crippen molar-refractivity contribution in [1.29, 1.82) is 0 Å². The van der Waals surface area contributed by atoms with Gasteiger partial charge in [-0.2, -0.15) is 0 Å². The number of pyridine rings is 1. The molecule has 3 aromatic heterocycles. The molecule has 0 saturated carbocycles. The maximum atomic E-state index is 6.77. The van der Waals surface area contributed by atoms with Gasteiger partial charge in [-0.25, -0.2) is 4.98 Å². The van der Waals surface area contributed by atoms with Gasteiger partial charge < -0.3 is 14.5 Å². The van der Waals surface area contributed by atoms with E-state index in [1.165, 1.54) is 70.3 Å². The van der Waals surface area contributed by atoms with Crippen molar-refractivity contribution >= 4 is 76.1 Å². The molecule has 0 unspecified atom stereocenters. The predicted molar refractivity (Wildman–Crippen MR) is 233 cm³/mol. The summed E-state index contributed by atoms with van der Waals surface area (Å²) in [6.45, 7) is 14.1. The van der Waals surface area contributed by atoms with E-state index in [1.807, 2.05) is 23.6 Å². The highest BCUT2D eigenvalue weighted by Crippen LogP contribution is 2.47. The molecule has 55 heavy (non-hydrogen) atoms. The average molecular weight is 735 g/mol. The zero-order chi connectivity index (χ0) is 37.6. The molecule has 0 saturated heterocycles. The molecule has 0 N–H and O–H groups in total. The standard InChI is InChI=1S/C49H42N4OS/c1-30-24-31(2)48(32(3)25-30)52-29-51(39-15-8-9-16-40(39)52)34-12-11-13-35(27-34)54-36-18-19-37-42(28-36)53(45-26-33(22-23-50-45)49(4,5)6)41-20-21-44-47(46(37)41)38-14-7-10-17-43(38)55-44/h7-28H,29H2,1-6H3. The minimum absolute atomic E-state index is 0.0166. The first-order valence-electron chi connectivity index (χ1n) is 19.0. The minimum atomic E-state index is -0.0166. The third kappa shape index (κ3) is 5.46. The highest BCUT2D eigenvalue weighted by molar-refractivity contribution is 7.26. The monoisotopic (exact) mass is 734 g/mol. The molecule has 4 heterocycles. The number of thiophene rings is 1. The van der Waals surface area contributed by atoms with Crippen molar-refractivity contribution < 1.29 is 4.74 Å². The summed E-state index contributed by atoms with van der Waals surface area (Å²) < 4.78 is 11.7. The minimum Gasteiger partial charge on any atom is -0.457 e. The summed E-state index contributed by atoms with van der Waals surface area (Å²) in [4.78, 5) is 9.79. The lowest BCUT2D eigenvalue weighted by molar-refractivity contribution is 0.483. The van der Waals surface area contributed by atoms with Crippen LogP contribution in [0.3, 0.4) is 0 Å². The van der Waals surface area contributed by atoms with Crippen LogP contribution in [0.25, 0.3) is 47.8 Å². The van der Waals surface area contributed by atoms with Crippen molar-refractivity contribution in [2.75, 3.05) is 16.5 Å². The number of fused-ring (bicyclic) bond motifs is 8. The fraction of sp³-hybridized carbons (Fsp3) is 0.163. The van der Waals surface area contributed by atoms with Crippen molar-refractivity contribution in [3.8, 4) is 17.3 Å².